The van der Waals surface area contributed by atoms with Gasteiger partial charge in [0.25, 0.3) is 0 Å². The molecule has 1 amide bonds. The number of hydrogen-bond acceptors (Lipinski definition) is 3. The lowest BCUT2D eigenvalue weighted by molar-refractivity contribution is -0.116. The topological polar surface area (TPSA) is 67.0 Å². The number of hydrogen-bond donors (Lipinski definition) is 1. The zero-order valence-corrected chi connectivity index (χ0v) is 17.3. The van der Waals surface area contributed by atoms with E-state index in [1.807, 2.05) is 42.5 Å². The molecule has 0 spiro atoms. The maximum Gasteiger partial charge on any atom is 0.224 e. The van der Waals surface area contributed by atoms with Crippen molar-refractivity contribution in [1.82, 2.24) is 4.57 Å². The van der Waals surface area contributed by atoms with Crippen LogP contribution in [0.25, 0.3) is 23.4 Å². The monoisotopic (exact) mass is 389 g/mol. The Bertz CT molecular complexity index is 989. The zero-order valence-electron chi connectivity index (χ0n) is 17.3. The van der Waals surface area contributed by atoms with Gasteiger partial charge in [0.1, 0.15) is 11.8 Å². The number of fused-ring (bicyclic) bond motifs is 1. The summed E-state index contributed by atoms with van der Waals surface area (Å²) in [7, 11) is 1.67. The Balaban J connectivity index is 2.00. The van der Waals surface area contributed by atoms with Gasteiger partial charge < -0.3 is 14.6 Å². The highest BCUT2D eigenvalue weighted by Crippen LogP contribution is 2.36. The van der Waals surface area contributed by atoms with Gasteiger partial charge in [-0.3, -0.25) is 4.79 Å². The smallest absolute Gasteiger partial charge is 0.224 e. The highest BCUT2D eigenvalue weighted by atomic mass is 16.5. The number of unbranched alkanes of at least 4 members (excludes halogenated alkanes) is 1. The van der Waals surface area contributed by atoms with Crippen molar-refractivity contribution in [2.24, 2.45) is 0 Å². The van der Waals surface area contributed by atoms with Crippen molar-refractivity contribution in [3.05, 3.63) is 52.9 Å². The summed E-state index contributed by atoms with van der Waals surface area (Å²) in [5, 5.41) is 12.8. The van der Waals surface area contributed by atoms with Crippen molar-refractivity contribution in [2.45, 2.75) is 46.1 Å². The second-order valence-corrected chi connectivity index (χ2v) is 7.03. The molecular weight excluding hydrogens is 362 g/mol. The van der Waals surface area contributed by atoms with Gasteiger partial charge in [0.15, 0.2) is 0 Å². The average Bonchev–Trinajstić information content (AvgIpc) is 2.88. The van der Waals surface area contributed by atoms with Crippen LogP contribution < -0.4 is 5.32 Å². The Kier molecular flexibility index (Phi) is 6.56. The molecule has 2 aromatic rings. The van der Waals surface area contributed by atoms with Gasteiger partial charge in [-0.1, -0.05) is 37.6 Å². The minimum Gasteiger partial charge on any atom is -0.501 e. The summed E-state index contributed by atoms with van der Waals surface area (Å²) in [6, 6.07) is 10.1. The molecule has 5 heteroatoms. The summed E-state index contributed by atoms with van der Waals surface area (Å²) >= 11 is 0. The molecule has 3 rings (SSSR count). The van der Waals surface area contributed by atoms with Crippen LogP contribution in [0.5, 0.6) is 0 Å². The fourth-order valence-corrected chi connectivity index (χ4v) is 3.64. The molecule has 1 aromatic heterocycles. The van der Waals surface area contributed by atoms with Gasteiger partial charge in [0, 0.05) is 36.7 Å². The van der Waals surface area contributed by atoms with E-state index in [0.717, 1.165) is 53.3 Å². The number of carbonyl (C=O) groups is 1. The van der Waals surface area contributed by atoms with Crippen LogP contribution in [0.2, 0.25) is 0 Å². The van der Waals surface area contributed by atoms with Gasteiger partial charge in [-0.2, -0.15) is 5.26 Å². The molecule has 1 N–H and O–H groups in total. The van der Waals surface area contributed by atoms with Gasteiger partial charge in [-0.25, -0.2) is 0 Å². The van der Waals surface area contributed by atoms with E-state index < -0.39 is 0 Å². The summed E-state index contributed by atoms with van der Waals surface area (Å²) in [6.07, 6.45) is 9.18. The standard InChI is InChI=1S/C24H27N3O2/c1-4-6-10-23(28)26-18-13-11-17(12-14-18)24-21(16-25)20-9-7-8-19(29-3)15-22(20)27(24)5-2/h7,9,11-15H,4-6,8,10H2,1-3H3,(H,26,28). The van der Waals surface area contributed by atoms with Crippen molar-refractivity contribution < 1.29 is 9.53 Å². The number of nitrogens with zero attached hydrogens (tertiary/aromatic N) is 2. The van der Waals surface area contributed by atoms with Crippen LogP contribution in [0.1, 0.15) is 56.4 Å². The normalized spacial score (nSPS) is 12.6. The second kappa shape index (κ2) is 9.29. The number of rotatable bonds is 7. The summed E-state index contributed by atoms with van der Waals surface area (Å²) < 4.78 is 7.62. The largest absolute Gasteiger partial charge is 0.501 e. The molecule has 29 heavy (non-hydrogen) atoms. The number of methoxy groups -OCH3 is 1. The van der Waals surface area contributed by atoms with Crippen LogP contribution in [-0.2, 0) is 16.1 Å². The first-order chi connectivity index (χ1) is 14.1. The molecule has 0 fully saturated rings. The van der Waals surface area contributed by atoms with Gasteiger partial charge in [-0.15, -0.1) is 0 Å². The number of nitriles is 1. The highest BCUT2D eigenvalue weighted by Gasteiger charge is 2.22. The third-order valence-corrected chi connectivity index (χ3v) is 5.13. The quantitative estimate of drug-likeness (QED) is 0.672. The Labute approximate surface area is 172 Å². The molecule has 5 nitrogen and oxygen atoms in total. The third kappa shape index (κ3) is 4.27. The Hall–Kier alpha value is -3.26. The second-order valence-electron chi connectivity index (χ2n) is 7.03. The Morgan fingerprint density at radius 1 is 1.28 bits per heavy atom. The van der Waals surface area contributed by atoms with E-state index in [-0.39, 0.29) is 5.91 Å². The minimum absolute atomic E-state index is 0.0309. The number of nitrogens with one attached hydrogen (secondary N) is 1. The highest BCUT2D eigenvalue weighted by molar-refractivity contribution is 5.91. The maximum absolute atomic E-state index is 12.0. The first-order valence-electron chi connectivity index (χ1n) is 10.1. The minimum atomic E-state index is 0.0309. The zero-order chi connectivity index (χ0) is 20.8. The molecule has 1 aromatic carbocycles. The van der Waals surface area contributed by atoms with E-state index in [0.29, 0.717) is 18.4 Å². The van der Waals surface area contributed by atoms with Crippen molar-refractivity contribution in [3.63, 3.8) is 0 Å². The Morgan fingerprint density at radius 2 is 2.03 bits per heavy atom. The maximum atomic E-state index is 12.0. The van der Waals surface area contributed by atoms with Crippen LogP contribution in [0.15, 0.2) is 36.1 Å². The lowest BCUT2D eigenvalue weighted by Crippen LogP contribution is -2.10. The number of anilines is 1. The van der Waals surface area contributed by atoms with E-state index in [1.54, 1.807) is 7.11 Å². The average molecular weight is 389 g/mol. The van der Waals surface area contributed by atoms with Gasteiger partial charge >= 0.3 is 0 Å². The molecule has 150 valence electrons. The predicted octanol–water partition coefficient (Wildman–Crippen LogP) is 5.58. The van der Waals surface area contributed by atoms with Crippen LogP contribution in [-0.4, -0.2) is 17.6 Å². The van der Waals surface area contributed by atoms with Crippen LogP contribution in [0, 0.1) is 11.3 Å². The van der Waals surface area contributed by atoms with Crippen LogP contribution >= 0.6 is 0 Å². The molecule has 1 heterocycles. The van der Waals surface area contributed by atoms with Crippen LogP contribution in [0.4, 0.5) is 5.69 Å². The lowest BCUT2D eigenvalue weighted by atomic mass is 10.0. The fourth-order valence-electron chi connectivity index (χ4n) is 3.64. The SMILES string of the molecule is CCCCC(=O)Nc1ccc(-c2c(C#N)c3c(n2CC)C=C(OC)CC=C3)cc1. The summed E-state index contributed by atoms with van der Waals surface area (Å²) in [4.78, 5) is 12.0. The molecule has 0 saturated heterocycles. The van der Waals surface area contributed by atoms with Gasteiger partial charge in [0.2, 0.25) is 5.91 Å². The molecular formula is C24H27N3O2. The van der Waals surface area contributed by atoms with Crippen LogP contribution in [0.3, 0.4) is 0 Å². The molecule has 0 saturated carbocycles. The van der Waals surface area contributed by atoms with E-state index in [2.05, 4.69) is 29.8 Å². The summed E-state index contributed by atoms with van der Waals surface area (Å²) in [6.45, 7) is 4.87. The molecule has 0 atom stereocenters. The van der Waals surface area contributed by atoms with E-state index in [1.165, 1.54) is 0 Å². The van der Waals surface area contributed by atoms with Crippen molar-refractivity contribution in [3.8, 4) is 17.3 Å². The van der Waals surface area contributed by atoms with E-state index in [9.17, 15) is 10.1 Å². The number of amides is 1. The van der Waals surface area contributed by atoms with E-state index >= 15 is 0 Å². The lowest BCUT2D eigenvalue weighted by Gasteiger charge is -2.12. The predicted molar refractivity (Wildman–Crippen MR) is 117 cm³/mol. The number of ether oxygens (including phenoxy) is 1. The van der Waals surface area contributed by atoms with Gasteiger partial charge in [0.05, 0.1) is 24.1 Å². The third-order valence-electron chi connectivity index (χ3n) is 5.13. The first-order valence-corrected chi connectivity index (χ1v) is 10.1. The fraction of sp³-hybridized carbons (Fsp3) is 0.333. The molecule has 1 aliphatic carbocycles. The van der Waals surface area contributed by atoms with Crippen molar-refractivity contribution >= 4 is 23.7 Å². The molecule has 0 bridgehead atoms. The summed E-state index contributed by atoms with van der Waals surface area (Å²) in [5.74, 6) is 0.900. The number of allylic oxidation sites excluding steroid dienone is 1. The summed E-state index contributed by atoms with van der Waals surface area (Å²) in [5.41, 5.74) is 5.18. The number of aromatic nitrogens is 1. The van der Waals surface area contributed by atoms with E-state index in [4.69, 9.17) is 4.74 Å². The van der Waals surface area contributed by atoms with Crippen molar-refractivity contribution in [2.75, 3.05) is 12.4 Å². The van der Waals surface area contributed by atoms with Gasteiger partial charge in [-0.05, 0) is 31.0 Å². The Morgan fingerprint density at radius 3 is 2.66 bits per heavy atom. The number of benzene rings is 1. The molecule has 1 aliphatic rings. The first kappa shape index (κ1) is 20.5. The molecule has 0 aliphatic heterocycles. The number of carbonyl (C=O) groups excluding carboxylic acids is 1. The molecule has 0 unspecified atom stereocenters. The molecule has 0 radical (unpaired) electrons. The van der Waals surface area contributed by atoms with Crippen molar-refractivity contribution in [1.29, 1.82) is 5.26 Å².